The van der Waals surface area contributed by atoms with Crippen LogP contribution in [0.3, 0.4) is 0 Å². The Kier molecular flexibility index (Phi) is 8.09. The van der Waals surface area contributed by atoms with E-state index < -0.39 is 17.9 Å². The average molecular weight is 697 g/mol. The highest BCUT2D eigenvalue weighted by molar-refractivity contribution is 7.19. The number of hydrogen-bond donors (Lipinski definition) is 2. The molecule has 9 rings (SSSR count). The summed E-state index contributed by atoms with van der Waals surface area (Å²) in [6.07, 6.45) is 4.05. The number of amides is 2. The number of thiazole rings is 1. The van der Waals surface area contributed by atoms with E-state index in [0.717, 1.165) is 5.57 Å². The molecule has 1 atom stereocenters. The molecular weight excluding hydrogens is 658 g/mol. The Bertz CT molecular complexity index is 1930. The summed E-state index contributed by atoms with van der Waals surface area (Å²) in [4.78, 5) is 54.2. The van der Waals surface area contributed by atoms with Gasteiger partial charge in [-0.15, -0.1) is 11.3 Å². The number of pyridine rings is 2. The molecule has 2 bridgehead atoms. The third kappa shape index (κ3) is 5.45. The lowest BCUT2D eigenvalue weighted by Gasteiger charge is -2.39. The van der Waals surface area contributed by atoms with E-state index in [1.807, 2.05) is 22.5 Å². The van der Waals surface area contributed by atoms with Gasteiger partial charge in [0.2, 0.25) is 17.8 Å². The van der Waals surface area contributed by atoms with Gasteiger partial charge in [-0.05, 0) is 43.6 Å². The number of hydrogen-bond acceptors (Lipinski definition) is 10. The zero-order chi connectivity index (χ0) is 34.0. The molecule has 0 unspecified atom stereocenters. The lowest BCUT2D eigenvalue weighted by Crippen LogP contribution is -2.53. The molecule has 3 saturated carbocycles. The molecule has 49 heavy (non-hydrogen) atoms. The Balaban J connectivity index is 1.10. The summed E-state index contributed by atoms with van der Waals surface area (Å²) < 4.78 is 40.3. The molecule has 15 heteroatoms. The highest BCUT2D eigenvalue weighted by atomic mass is 32.1. The van der Waals surface area contributed by atoms with Crippen LogP contribution in [0, 0.1) is 11.8 Å². The van der Waals surface area contributed by atoms with Gasteiger partial charge < -0.3 is 34.3 Å². The van der Waals surface area contributed by atoms with Gasteiger partial charge in [-0.1, -0.05) is 13.0 Å². The zero-order valence-electron chi connectivity index (χ0n) is 27.2. The number of aromatic hydroxyl groups is 1. The fraction of sp³-hybridized carbons (Fsp3) is 0.559. The summed E-state index contributed by atoms with van der Waals surface area (Å²) in [5, 5.41) is 14.6. The molecule has 1 saturated heterocycles. The summed E-state index contributed by atoms with van der Waals surface area (Å²) in [6, 6.07) is 0. The molecule has 2 N–H and O–H groups in total. The molecule has 260 valence electrons. The Morgan fingerprint density at radius 2 is 1.96 bits per heavy atom. The predicted octanol–water partition coefficient (Wildman–Crippen LogP) is 3.37. The first kappa shape index (κ1) is 32.1. The van der Waals surface area contributed by atoms with Gasteiger partial charge in [0.05, 0.1) is 26.0 Å². The number of carbonyl (C=O) groups excluding carboxylic acids is 2. The van der Waals surface area contributed by atoms with E-state index in [2.05, 4.69) is 10.3 Å². The lowest BCUT2D eigenvalue weighted by atomic mass is 9.76. The average Bonchev–Trinajstić information content (AvgIpc) is 3.89. The second-order valence-electron chi connectivity index (χ2n) is 13.7. The maximum absolute atomic E-state index is 14.3. The zero-order valence-corrected chi connectivity index (χ0v) is 28.0. The molecule has 0 spiro atoms. The van der Waals surface area contributed by atoms with E-state index in [4.69, 9.17) is 14.5 Å². The fourth-order valence-corrected chi connectivity index (χ4v) is 9.48. The molecule has 0 aromatic carbocycles. The van der Waals surface area contributed by atoms with Crippen LogP contribution in [0.4, 0.5) is 14.5 Å². The molecule has 0 radical (unpaired) electrons. The highest BCUT2D eigenvalue weighted by Gasteiger charge is 2.59. The van der Waals surface area contributed by atoms with Crippen molar-refractivity contribution in [1.29, 1.82) is 0 Å². The van der Waals surface area contributed by atoms with Gasteiger partial charge in [-0.3, -0.25) is 14.4 Å². The molecule has 3 aromatic rings. The number of nitrogens with one attached hydrogen (secondary N) is 1. The first-order valence-corrected chi connectivity index (χ1v) is 17.8. The summed E-state index contributed by atoms with van der Waals surface area (Å²) in [5.74, 6) is -1.09. The standard InChI is InChI=1S/C34H38F2N6O6S/c1-2-22-26(40-6-8-41(9-7-40)33(46)25-27(44)20-5-12-48-23(20)16-37-25)28(45)29-31(38-32(49-29)18-3-10-47-11-4-18)42(22)17-24(43)39-34-13-19(14-34)21(15-34)30(35)36/h3,16,19,21,30,44H,2,4-15,17H2,1H3,(H,39,43)/t19?,21-,34?/m1/s1. The molecule has 3 aliphatic heterocycles. The molecule has 12 nitrogen and oxygen atoms in total. The third-order valence-electron chi connectivity index (χ3n) is 10.8. The normalized spacial score (nSPS) is 24.5. The maximum Gasteiger partial charge on any atom is 0.276 e. The number of halogens is 2. The van der Waals surface area contributed by atoms with E-state index >= 15 is 0 Å². The van der Waals surface area contributed by atoms with Crippen molar-refractivity contribution in [3.8, 4) is 11.5 Å². The maximum atomic E-state index is 14.3. The van der Waals surface area contributed by atoms with Crippen molar-refractivity contribution in [1.82, 2.24) is 24.8 Å². The van der Waals surface area contributed by atoms with Crippen LogP contribution in [-0.4, -0.2) is 94.3 Å². The van der Waals surface area contributed by atoms with E-state index in [1.165, 1.54) is 17.5 Å². The van der Waals surface area contributed by atoms with Crippen LogP contribution in [0.25, 0.3) is 15.9 Å². The van der Waals surface area contributed by atoms with Crippen LogP contribution in [0.5, 0.6) is 11.5 Å². The van der Waals surface area contributed by atoms with Crippen LogP contribution in [0.1, 0.15) is 59.4 Å². The number of fused-ring (bicyclic) bond motifs is 3. The van der Waals surface area contributed by atoms with Crippen molar-refractivity contribution in [2.45, 2.75) is 64.0 Å². The van der Waals surface area contributed by atoms with Crippen molar-refractivity contribution < 1.29 is 33.0 Å². The Morgan fingerprint density at radius 3 is 2.65 bits per heavy atom. The predicted molar refractivity (Wildman–Crippen MR) is 178 cm³/mol. The van der Waals surface area contributed by atoms with E-state index in [1.54, 1.807) is 4.90 Å². The largest absolute Gasteiger partial charge is 0.505 e. The van der Waals surface area contributed by atoms with Crippen molar-refractivity contribution in [2.24, 2.45) is 11.8 Å². The number of anilines is 1. The first-order chi connectivity index (χ1) is 23.7. The van der Waals surface area contributed by atoms with Gasteiger partial charge >= 0.3 is 0 Å². The molecule has 2 amide bonds. The Morgan fingerprint density at radius 1 is 1.16 bits per heavy atom. The fourth-order valence-electron chi connectivity index (χ4n) is 8.40. The van der Waals surface area contributed by atoms with Gasteiger partial charge in [0.25, 0.3) is 5.91 Å². The van der Waals surface area contributed by atoms with E-state index in [-0.39, 0.29) is 47.6 Å². The number of piperazine rings is 1. The van der Waals surface area contributed by atoms with Gasteiger partial charge in [-0.2, -0.15) is 0 Å². The third-order valence-corrected chi connectivity index (χ3v) is 12.0. The number of alkyl halides is 2. The van der Waals surface area contributed by atoms with Crippen molar-refractivity contribution in [3.05, 3.63) is 44.5 Å². The first-order valence-electron chi connectivity index (χ1n) is 17.0. The number of nitrogens with zero attached hydrogens (tertiary/aromatic N) is 5. The summed E-state index contributed by atoms with van der Waals surface area (Å²) in [7, 11) is 0. The van der Waals surface area contributed by atoms with Crippen LogP contribution >= 0.6 is 11.3 Å². The van der Waals surface area contributed by atoms with Crippen LogP contribution in [-0.2, 0) is 28.9 Å². The monoisotopic (exact) mass is 696 g/mol. The van der Waals surface area contributed by atoms with Crippen molar-refractivity contribution in [3.63, 3.8) is 0 Å². The summed E-state index contributed by atoms with van der Waals surface area (Å²) in [5.41, 5.74) is 2.36. The topological polar surface area (TPSA) is 139 Å². The highest BCUT2D eigenvalue weighted by Crippen LogP contribution is 2.57. The SMILES string of the molecule is CCc1c(N2CCN(C(=O)c3ncc4c(c3O)CCO4)CC2)c(=O)c2sc(C3=CCOCC3)nc2n1CC(=O)NC12CC(C1)[C@H](C(F)F)C2. The minimum atomic E-state index is -2.40. The number of aromatic nitrogens is 3. The van der Waals surface area contributed by atoms with E-state index in [9.17, 15) is 28.3 Å². The molecule has 6 aliphatic rings. The van der Waals surface area contributed by atoms with Gasteiger partial charge in [-0.25, -0.2) is 18.7 Å². The van der Waals surface area contributed by atoms with Gasteiger partial charge in [0.1, 0.15) is 27.7 Å². The molecule has 3 aliphatic carbocycles. The quantitative estimate of drug-likeness (QED) is 0.363. The van der Waals surface area contributed by atoms with Gasteiger partial charge in [0.15, 0.2) is 17.1 Å². The molecule has 6 heterocycles. The summed E-state index contributed by atoms with van der Waals surface area (Å²) in [6.45, 7) is 4.57. The van der Waals surface area contributed by atoms with Crippen molar-refractivity contribution >= 4 is 44.8 Å². The van der Waals surface area contributed by atoms with Crippen molar-refractivity contribution in [2.75, 3.05) is 50.9 Å². The summed E-state index contributed by atoms with van der Waals surface area (Å²) >= 11 is 1.31. The number of ether oxygens (including phenoxy) is 2. The van der Waals surface area contributed by atoms with Gasteiger partial charge in [0, 0.05) is 55.3 Å². The van der Waals surface area contributed by atoms with E-state index in [0.29, 0.717) is 116 Å². The van der Waals surface area contributed by atoms with Crippen LogP contribution < -0.4 is 20.4 Å². The second kappa shape index (κ2) is 12.3. The second-order valence-corrected chi connectivity index (χ2v) is 14.7. The Hall–Kier alpha value is -4.11. The molecule has 4 fully saturated rings. The Labute approximate surface area is 284 Å². The number of rotatable bonds is 8. The molecular formula is C34H38F2N6O6S. The van der Waals surface area contributed by atoms with Crippen LogP contribution in [0.2, 0.25) is 0 Å². The number of carbonyl (C=O) groups is 2. The van der Waals surface area contributed by atoms with Crippen LogP contribution in [0.15, 0.2) is 17.1 Å². The smallest absolute Gasteiger partial charge is 0.276 e. The minimum absolute atomic E-state index is 0.0132. The lowest BCUT2D eigenvalue weighted by molar-refractivity contribution is -0.124. The molecule has 3 aromatic heterocycles. The minimum Gasteiger partial charge on any atom is -0.505 e.